The Labute approximate surface area is 125 Å². The second-order valence-electron chi connectivity index (χ2n) is 4.23. The SMILES string of the molecule is Cn1cc(S(=O)[O-])c(F)c1C(=O)Nc1ccnc(C(F)F)c1. The van der Waals surface area contributed by atoms with Gasteiger partial charge in [-0.15, -0.1) is 0 Å². The van der Waals surface area contributed by atoms with Gasteiger partial charge in [0.1, 0.15) is 11.4 Å². The second kappa shape index (κ2) is 6.28. The standard InChI is InChI=1S/C12H10F3N3O3S/c1-18-5-8(22(20)21)9(13)10(18)12(19)17-6-2-3-16-7(4-6)11(14)15/h2-5,11H,1H3,(H,20,21)(H,16,17,19)/p-1. The largest absolute Gasteiger partial charge is 0.768 e. The number of halogens is 3. The molecule has 1 N–H and O–H groups in total. The van der Waals surface area contributed by atoms with Gasteiger partial charge in [-0.25, -0.2) is 13.2 Å². The molecule has 1 unspecified atom stereocenters. The maximum absolute atomic E-state index is 13.9. The topological polar surface area (TPSA) is 87.0 Å². The minimum atomic E-state index is -2.84. The van der Waals surface area contributed by atoms with Crippen LogP contribution in [0.25, 0.3) is 0 Å². The third-order valence-electron chi connectivity index (χ3n) is 2.75. The van der Waals surface area contributed by atoms with E-state index in [0.29, 0.717) is 0 Å². The van der Waals surface area contributed by atoms with Crippen molar-refractivity contribution in [3.05, 3.63) is 41.7 Å². The lowest BCUT2D eigenvalue weighted by Gasteiger charge is -2.07. The molecule has 1 atom stereocenters. The van der Waals surface area contributed by atoms with Crippen LogP contribution < -0.4 is 5.32 Å². The first kappa shape index (κ1) is 16.2. The highest BCUT2D eigenvalue weighted by molar-refractivity contribution is 7.79. The van der Waals surface area contributed by atoms with Crippen LogP contribution in [-0.2, 0) is 18.1 Å². The molecule has 22 heavy (non-hydrogen) atoms. The van der Waals surface area contributed by atoms with Crippen molar-refractivity contribution in [1.82, 2.24) is 9.55 Å². The number of amides is 1. The molecular weight excluding hydrogens is 323 g/mol. The first-order valence-electron chi connectivity index (χ1n) is 5.80. The third kappa shape index (κ3) is 3.17. The summed E-state index contributed by atoms with van der Waals surface area (Å²) in [6, 6.07) is 2.19. The number of anilines is 1. The van der Waals surface area contributed by atoms with Gasteiger partial charge in [-0.3, -0.25) is 14.0 Å². The zero-order chi connectivity index (χ0) is 16.4. The minimum absolute atomic E-state index is 0.0132. The lowest BCUT2D eigenvalue weighted by Crippen LogP contribution is -2.17. The fraction of sp³-hybridized carbons (Fsp3) is 0.167. The van der Waals surface area contributed by atoms with E-state index in [1.807, 2.05) is 0 Å². The molecule has 0 aromatic carbocycles. The first-order valence-corrected chi connectivity index (χ1v) is 6.88. The van der Waals surface area contributed by atoms with E-state index in [4.69, 9.17) is 0 Å². The smallest absolute Gasteiger partial charge is 0.280 e. The zero-order valence-corrected chi connectivity index (χ0v) is 11.9. The number of pyridine rings is 1. The molecule has 2 heterocycles. The number of carbonyl (C=O) groups excluding carboxylic acids is 1. The molecule has 10 heteroatoms. The van der Waals surface area contributed by atoms with E-state index in [9.17, 15) is 26.7 Å². The van der Waals surface area contributed by atoms with E-state index in [-0.39, 0.29) is 5.69 Å². The Bertz CT molecular complexity index is 748. The Balaban J connectivity index is 2.30. The van der Waals surface area contributed by atoms with Crippen LogP contribution in [0.5, 0.6) is 0 Å². The van der Waals surface area contributed by atoms with Gasteiger partial charge in [-0.05, 0) is 23.2 Å². The molecule has 0 bridgehead atoms. The molecule has 0 saturated carbocycles. The molecule has 6 nitrogen and oxygen atoms in total. The highest BCUT2D eigenvalue weighted by atomic mass is 32.2. The van der Waals surface area contributed by atoms with Crippen molar-refractivity contribution in [3.8, 4) is 0 Å². The van der Waals surface area contributed by atoms with Gasteiger partial charge in [0.15, 0.2) is 5.82 Å². The van der Waals surface area contributed by atoms with Crippen molar-refractivity contribution in [2.45, 2.75) is 11.3 Å². The van der Waals surface area contributed by atoms with E-state index in [2.05, 4.69) is 10.3 Å². The first-order chi connectivity index (χ1) is 10.3. The highest BCUT2D eigenvalue weighted by Crippen LogP contribution is 2.21. The summed E-state index contributed by atoms with van der Waals surface area (Å²) < 4.78 is 61.6. The Hall–Kier alpha value is -2.20. The molecule has 1 amide bonds. The van der Waals surface area contributed by atoms with Crippen molar-refractivity contribution >= 4 is 22.7 Å². The molecule has 2 rings (SSSR count). The predicted molar refractivity (Wildman–Crippen MR) is 69.7 cm³/mol. The number of aryl methyl sites for hydroxylation is 1. The van der Waals surface area contributed by atoms with Crippen LogP contribution in [0.3, 0.4) is 0 Å². The Morgan fingerprint density at radius 3 is 2.73 bits per heavy atom. The molecule has 0 aliphatic carbocycles. The summed E-state index contributed by atoms with van der Waals surface area (Å²) in [5, 5.41) is 2.21. The fourth-order valence-corrected chi connectivity index (χ4v) is 2.27. The van der Waals surface area contributed by atoms with Gasteiger partial charge < -0.3 is 14.4 Å². The molecule has 0 fully saturated rings. The molecule has 0 spiro atoms. The molecule has 0 radical (unpaired) electrons. The number of aromatic nitrogens is 2. The van der Waals surface area contributed by atoms with Crippen LogP contribution in [0, 0.1) is 5.82 Å². The second-order valence-corrected chi connectivity index (χ2v) is 5.13. The molecule has 0 aliphatic heterocycles. The average molecular weight is 332 g/mol. The van der Waals surface area contributed by atoms with Gasteiger partial charge in [-0.2, -0.15) is 0 Å². The third-order valence-corrected chi connectivity index (χ3v) is 3.39. The van der Waals surface area contributed by atoms with Gasteiger partial charge >= 0.3 is 0 Å². The van der Waals surface area contributed by atoms with Gasteiger partial charge in [0.25, 0.3) is 12.3 Å². The Morgan fingerprint density at radius 2 is 2.18 bits per heavy atom. The average Bonchev–Trinajstić information content (AvgIpc) is 2.74. The van der Waals surface area contributed by atoms with Crippen LogP contribution in [0.15, 0.2) is 29.4 Å². The fourth-order valence-electron chi connectivity index (χ4n) is 1.78. The number of alkyl halides is 2. The van der Waals surface area contributed by atoms with E-state index >= 15 is 0 Å². The van der Waals surface area contributed by atoms with Gasteiger partial charge in [0, 0.05) is 25.1 Å². The predicted octanol–water partition coefficient (Wildman–Crippen LogP) is 1.99. The van der Waals surface area contributed by atoms with Crippen LogP contribution in [-0.4, -0.2) is 24.2 Å². The summed E-state index contributed by atoms with van der Waals surface area (Å²) in [6.45, 7) is 0. The number of carbonyl (C=O) groups is 1. The molecular formula is C12H9F3N3O3S-. The van der Waals surface area contributed by atoms with E-state index in [0.717, 1.165) is 23.0 Å². The van der Waals surface area contributed by atoms with Crippen LogP contribution in [0.2, 0.25) is 0 Å². The number of rotatable bonds is 4. The lowest BCUT2D eigenvalue weighted by molar-refractivity contribution is 0.101. The maximum atomic E-state index is 13.9. The van der Waals surface area contributed by atoms with Crippen LogP contribution in [0.4, 0.5) is 18.9 Å². The monoisotopic (exact) mass is 332 g/mol. The molecule has 118 valence electrons. The Morgan fingerprint density at radius 1 is 1.50 bits per heavy atom. The van der Waals surface area contributed by atoms with Gasteiger partial charge in [0.2, 0.25) is 0 Å². The van der Waals surface area contributed by atoms with Crippen molar-refractivity contribution in [2.24, 2.45) is 7.05 Å². The number of hydrogen-bond acceptors (Lipinski definition) is 4. The zero-order valence-electron chi connectivity index (χ0n) is 11.0. The normalized spacial score (nSPS) is 12.5. The summed E-state index contributed by atoms with van der Waals surface area (Å²) >= 11 is -2.84. The molecule has 0 aliphatic rings. The van der Waals surface area contributed by atoms with Crippen molar-refractivity contribution in [2.75, 3.05) is 5.32 Å². The molecule has 2 aromatic rings. The van der Waals surface area contributed by atoms with Crippen molar-refractivity contribution < 1.29 is 26.7 Å². The minimum Gasteiger partial charge on any atom is -0.768 e. The quantitative estimate of drug-likeness (QED) is 0.868. The van der Waals surface area contributed by atoms with Crippen molar-refractivity contribution in [1.29, 1.82) is 0 Å². The van der Waals surface area contributed by atoms with Crippen LogP contribution in [0.1, 0.15) is 22.6 Å². The number of hydrogen-bond donors (Lipinski definition) is 1. The summed E-state index contributed by atoms with van der Waals surface area (Å²) in [5.74, 6) is -2.18. The van der Waals surface area contributed by atoms with Gasteiger partial charge in [0.05, 0.1) is 4.90 Å². The highest BCUT2D eigenvalue weighted by Gasteiger charge is 2.21. The maximum Gasteiger partial charge on any atom is 0.280 e. The molecule has 0 saturated heterocycles. The summed E-state index contributed by atoms with van der Waals surface area (Å²) in [6.07, 6.45) is -0.820. The Kier molecular flexibility index (Phi) is 4.62. The summed E-state index contributed by atoms with van der Waals surface area (Å²) in [4.78, 5) is 14.8. The van der Waals surface area contributed by atoms with Gasteiger partial charge in [-0.1, -0.05) is 0 Å². The molecule has 2 aromatic heterocycles. The van der Waals surface area contributed by atoms with Crippen LogP contribution >= 0.6 is 0 Å². The summed E-state index contributed by atoms with van der Waals surface area (Å²) in [7, 11) is 1.28. The lowest BCUT2D eigenvalue weighted by atomic mass is 10.3. The summed E-state index contributed by atoms with van der Waals surface area (Å²) in [5.41, 5.74) is -1.10. The van der Waals surface area contributed by atoms with E-state index in [1.165, 1.54) is 13.1 Å². The van der Waals surface area contributed by atoms with Crippen molar-refractivity contribution in [3.63, 3.8) is 0 Å². The number of nitrogens with zero attached hydrogens (tertiary/aromatic N) is 2. The van der Waals surface area contributed by atoms with E-state index < -0.39 is 45.5 Å². The number of nitrogens with one attached hydrogen (secondary N) is 1. The van der Waals surface area contributed by atoms with E-state index in [1.54, 1.807) is 0 Å².